The molecule has 0 saturated carbocycles. The van der Waals surface area contributed by atoms with Crippen LogP contribution in [-0.4, -0.2) is 176 Å². The van der Waals surface area contributed by atoms with Gasteiger partial charge in [0.15, 0.2) is 20.1 Å². The Kier molecular flexibility index (Phi) is 28.4. The van der Waals surface area contributed by atoms with Crippen LogP contribution in [0.2, 0.25) is 0 Å². The van der Waals surface area contributed by atoms with Crippen LogP contribution in [0, 0.1) is 4.77 Å². The summed E-state index contributed by atoms with van der Waals surface area (Å²) in [6, 6.07) is 42.7. The number of nitrogens with two attached hydrogens (primary N) is 1. The highest BCUT2D eigenvalue weighted by atomic mass is 79.9. The number of anilines is 1. The minimum absolute atomic E-state index is 0.00424. The molecule has 2 saturated heterocycles. The van der Waals surface area contributed by atoms with E-state index in [9.17, 15) is 68.4 Å². The summed E-state index contributed by atoms with van der Waals surface area (Å²) >= 11 is 26.9. The molecule has 4 unspecified atom stereocenters. The number of thiocarbonyl (C=S) groups is 3. The van der Waals surface area contributed by atoms with E-state index >= 15 is 0 Å². The van der Waals surface area contributed by atoms with Crippen molar-refractivity contribution in [2.45, 2.75) is 49.9 Å². The first-order valence-corrected chi connectivity index (χ1v) is 34.4. The van der Waals surface area contributed by atoms with Gasteiger partial charge in [-0.3, -0.25) is 52.3 Å². The van der Waals surface area contributed by atoms with Crippen molar-refractivity contribution in [1.29, 1.82) is 0 Å². The van der Waals surface area contributed by atoms with Crippen molar-refractivity contribution in [2.24, 2.45) is 10.7 Å². The van der Waals surface area contributed by atoms with Gasteiger partial charge in [-0.25, -0.2) is 34.1 Å². The Bertz CT molecular complexity index is 4780. The summed E-state index contributed by atoms with van der Waals surface area (Å²) < 4.78 is 6.16. The number of ketones is 1. The highest BCUT2D eigenvalue weighted by Gasteiger charge is 2.38. The summed E-state index contributed by atoms with van der Waals surface area (Å²) in [6.45, 7) is -0.0760. The van der Waals surface area contributed by atoms with Gasteiger partial charge in [0.1, 0.15) is 42.5 Å². The molecule has 9 aromatic rings. The first-order valence-electron chi connectivity index (χ1n) is 31.1. The minimum Gasteiger partial charge on any atom is -0.493 e. The number of benzene rings is 6. The van der Waals surface area contributed by atoms with E-state index in [0.29, 0.717) is 26.9 Å². The van der Waals surface area contributed by atoms with Gasteiger partial charge in [-0.2, -0.15) is 0 Å². The lowest BCUT2D eigenvalue weighted by Gasteiger charge is -2.23. The van der Waals surface area contributed by atoms with Crippen LogP contribution in [0.5, 0.6) is 5.88 Å². The number of hydrogen-bond acceptors (Lipinski definition) is 18. The molecule has 2 fully saturated rings. The number of aliphatic carboxylic acids is 4. The molecule has 13 rings (SSSR count). The number of rotatable bonds is 18. The molecule has 12 N–H and O–H groups in total. The zero-order valence-corrected chi connectivity index (χ0v) is 61.0. The molecule has 5 amide bonds. The fourth-order valence-electron chi connectivity index (χ4n) is 10.4. The lowest BCUT2D eigenvalue weighted by molar-refractivity contribution is -0.145. The fraction of sp³-hybridized carbons (Fsp3) is 0.157. The Labute approximate surface area is 634 Å². The number of H-pyrrole nitrogens is 1. The number of nitrogens with zero attached hydrogens (tertiary/aromatic N) is 8. The quantitative estimate of drug-likeness (QED) is 0.0391. The normalized spacial score (nSPS) is 14.1. The van der Waals surface area contributed by atoms with Crippen molar-refractivity contribution in [1.82, 2.24) is 54.4 Å². The maximum atomic E-state index is 12.5. The van der Waals surface area contributed by atoms with E-state index in [1.165, 1.54) is 0 Å². The topological polar surface area (TPSA) is 421 Å². The van der Waals surface area contributed by atoms with E-state index in [-0.39, 0.29) is 83.4 Å². The molecule has 105 heavy (non-hydrogen) atoms. The molecule has 4 aliphatic heterocycles. The molecule has 7 heterocycles. The number of nitrogens with one attached hydrogen (secondary N) is 5. The fourth-order valence-corrected chi connectivity index (χ4v) is 12.3. The van der Waals surface area contributed by atoms with Crippen molar-refractivity contribution < 1.29 is 73.5 Å². The van der Waals surface area contributed by atoms with Gasteiger partial charge in [0.05, 0.1) is 41.8 Å². The third-order valence-corrected chi connectivity index (χ3v) is 17.8. The molecule has 0 bridgehead atoms. The van der Waals surface area contributed by atoms with Crippen LogP contribution in [-0.2, 0) is 68.8 Å². The van der Waals surface area contributed by atoms with Crippen LogP contribution in [0.25, 0.3) is 5.57 Å². The second kappa shape index (κ2) is 37.6. The number of halogens is 2. The van der Waals surface area contributed by atoms with E-state index in [4.69, 9.17) is 59.7 Å². The summed E-state index contributed by atoms with van der Waals surface area (Å²) in [7, 11) is 0. The van der Waals surface area contributed by atoms with Gasteiger partial charge in [-0.15, -0.1) is 0 Å². The molecule has 540 valence electrons. The summed E-state index contributed by atoms with van der Waals surface area (Å²) in [5.74, 6) is -7.37. The van der Waals surface area contributed by atoms with Crippen molar-refractivity contribution in [3.8, 4) is 5.88 Å². The van der Waals surface area contributed by atoms with Crippen molar-refractivity contribution in [2.75, 3.05) is 25.0 Å². The van der Waals surface area contributed by atoms with Gasteiger partial charge in [-0.05, 0) is 108 Å². The van der Waals surface area contributed by atoms with Crippen molar-refractivity contribution >= 4 is 167 Å². The Balaban J connectivity index is 0.000000164. The van der Waals surface area contributed by atoms with Gasteiger partial charge in [0.25, 0.3) is 17.6 Å². The van der Waals surface area contributed by atoms with Gasteiger partial charge >= 0.3 is 23.9 Å². The molecule has 35 heteroatoms. The standard InChI is InChI=1S/C20H14BrN3O4S.2C12H12N2O3S.C11H14N2O3.C8H4BrNO2.C7H6N4S/c21-11-6-7-13-12(9-11)15(17(25)22-13)16-18(26)24(20(29)23-16)14(19(27)28)8-10-4-2-1-3-5-10;2*15-10-7-13-12(18)14(10)9(11(16)17)6-8-4-2-1-3-5-8;12-7-10(14)13-9(11(15)16)6-8-4-2-1-3-5-8;9-4-1-2-6-5(3-4)7(11)8(12)10-6;12-7(10-3-1-8-5-10)11-4-2-9-6-11/h1-7,9,14,26H,8H2,(H,23,29)(H,27,28);2*1-5,9H,6-7H2,(H,13,18)(H,16,17);1-5,9H,6-7,12H2,(H,13,14)(H,15,16);1-3H,(H,10,11,12);1-6H. The van der Waals surface area contributed by atoms with Crippen molar-refractivity contribution in [3.63, 3.8) is 0 Å². The van der Waals surface area contributed by atoms with E-state index < -0.39 is 77.4 Å². The SMILES string of the molecule is NCC(=O)NC(Cc1ccccc1)C(=O)O.O=C(O)C(Cc1ccccc1)N1C(=O)CNC1=S.O=C(O)C(Cc1ccccc1)N1C(=O)CNC1=S.O=C1N=c2ccc(Br)cc2=C1c1[nH]c(=S)n(C(Cc2ccccc2)C(=O)O)c1O.O=C1Nc2ccc(Br)cc2C1=O.S=C(n1ccnc1)n1ccnc1. The van der Waals surface area contributed by atoms with Crippen LogP contribution in [0.3, 0.4) is 0 Å². The Morgan fingerprint density at radius 1 is 0.581 bits per heavy atom. The highest BCUT2D eigenvalue weighted by Crippen LogP contribution is 2.31. The Hall–Kier alpha value is -11.5. The number of carbonyl (C=O) groups excluding carboxylic acids is 6. The van der Waals surface area contributed by atoms with Gasteiger partial charge in [0, 0.05) is 64.6 Å². The predicted molar refractivity (Wildman–Crippen MR) is 402 cm³/mol. The Morgan fingerprint density at radius 3 is 1.43 bits per heavy atom. The number of Topliss-reactive ketones (excluding diaryl/α,β-unsaturated/α-hetero) is 1. The molecule has 4 aliphatic rings. The van der Waals surface area contributed by atoms with Gasteiger partial charge in [-0.1, -0.05) is 153 Å². The highest BCUT2D eigenvalue weighted by molar-refractivity contribution is 9.10. The number of hydrogen-bond donors (Lipinski definition) is 11. The smallest absolute Gasteiger partial charge is 0.327 e. The molecule has 29 nitrogen and oxygen atoms in total. The Morgan fingerprint density at radius 2 is 1.02 bits per heavy atom. The van der Waals surface area contributed by atoms with E-state index in [1.54, 1.807) is 107 Å². The summed E-state index contributed by atoms with van der Waals surface area (Å²) in [5, 5.41) is 60.2. The molecule has 0 radical (unpaired) electrons. The number of aromatic nitrogens is 6. The monoisotopic (exact) mass is 1620 g/mol. The van der Waals surface area contributed by atoms with Gasteiger partial charge in [0.2, 0.25) is 23.6 Å². The summed E-state index contributed by atoms with van der Waals surface area (Å²) in [5.41, 5.74) is 9.68. The summed E-state index contributed by atoms with van der Waals surface area (Å²) in [4.78, 5) is 131. The van der Waals surface area contributed by atoms with E-state index in [0.717, 1.165) is 45.6 Å². The third-order valence-electron chi connectivity index (χ3n) is 15.4. The molecule has 3 aromatic heterocycles. The first-order chi connectivity index (χ1) is 50.2. The lowest BCUT2D eigenvalue weighted by atomic mass is 10.1. The second-order valence-corrected chi connectivity index (χ2v) is 25.8. The van der Waals surface area contributed by atoms with Crippen LogP contribution in [0.1, 0.15) is 44.3 Å². The second-order valence-electron chi connectivity index (χ2n) is 22.5. The third kappa shape index (κ3) is 21.3. The first kappa shape index (κ1) is 79.2. The largest absolute Gasteiger partial charge is 0.493 e. The number of carboxylic acids is 4. The number of aromatic amines is 1. The van der Waals surface area contributed by atoms with Crippen LogP contribution >= 0.6 is 80.7 Å². The van der Waals surface area contributed by atoms with Crippen molar-refractivity contribution in [3.05, 3.63) is 253 Å². The lowest BCUT2D eigenvalue weighted by Crippen LogP contribution is -2.46. The summed E-state index contributed by atoms with van der Waals surface area (Å²) in [6.07, 6.45) is 11.1. The van der Waals surface area contributed by atoms with E-state index in [1.807, 2.05) is 97.1 Å². The van der Waals surface area contributed by atoms with E-state index in [2.05, 4.69) is 73.1 Å². The zero-order chi connectivity index (χ0) is 76.0. The maximum Gasteiger partial charge on any atom is 0.327 e. The minimum atomic E-state index is -1.15. The number of carbonyl (C=O) groups is 10. The zero-order valence-electron chi connectivity index (χ0n) is 54.6. The molecular formula is C70H62Br2N14O15S4. The maximum absolute atomic E-state index is 12.5. The van der Waals surface area contributed by atoms with Crippen LogP contribution in [0.4, 0.5) is 5.69 Å². The average molecular weight is 1630 g/mol. The predicted octanol–water partition coefficient (Wildman–Crippen LogP) is 5.14. The molecule has 0 aliphatic carbocycles. The molecule has 6 aromatic carbocycles. The number of carboxylic acid groups (broad SMARTS) is 4. The number of imidazole rings is 3. The molecule has 4 atom stereocenters. The number of aromatic hydroxyl groups is 1. The number of amides is 5. The van der Waals surface area contributed by atoms with Crippen LogP contribution in [0.15, 0.2) is 209 Å². The molecule has 0 spiro atoms. The van der Waals surface area contributed by atoms with Gasteiger partial charge < -0.3 is 57.5 Å². The average Bonchev–Trinajstić information content (AvgIpc) is 1.60. The van der Waals surface area contributed by atoms with Crippen LogP contribution < -0.4 is 37.6 Å². The number of fused-ring (bicyclic) bond motifs is 2. The molecular weight excluding hydrogens is 1560 g/mol.